The second-order valence-corrected chi connectivity index (χ2v) is 8.32. The molecular formula is C23H43N5O9. The lowest BCUT2D eigenvalue weighted by Crippen LogP contribution is -2.50. The average Bonchev–Trinajstić information content (AvgIpc) is 2.89. The SMILES string of the molecule is CCON(OCC)C(=O)CN1CCN(CC(=O)OC)CCN(CC(=O)OC)CCN(CC(=O)OC)CC1. The lowest BCUT2D eigenvalue weighted by molar-refractivity contribution is -0.338. The van der Waals surface area contributed by atoms with Gasteiger partial charge in [0.15, 0.2) is 0 Å². The maximum atomic E-state index is 12.9. The highest BCUT2D eigenvalue weighted by molar-refractivity contribution is 5.76. The lowest BCUT2D eigenvalue weighted by Gasteiger charge is -2.33. The van der Waals surface area contributed by atoms with Gasteiger partial charge >= 0.3 is 17.9 Å². The van der Waals surface area contributed by atoms with Gasteiger partial charge in [-0.25, -0.2) is 9.68 Å². The van der Waals surface area contributed by atoms with Crippen LogP contribution >= 0.6 is 0 Å². The molecule has 37 heavy (non-hydrogen) atoms. The minimum atomic E-state index is -0.377. The van der Waals surface area contributed by atoms with Gasteiger partial charge in [-0.3, -0.25) is 38.8 Å². The predicted molar refractivity (Wildman–Crippen MR) is 132 cm³/mol. The molecule has 0 atom stereocenters. The Balaban J connectivity index is 3.08. The van der Waals surface area contributed by atoms with Crippen LogP contribution in [0.15, 0.2) is 0 Å². The third-order valence-electron chi connectivity index (χ3n) is 5.73. The molecule has 1 rings (SSSR count). The molecule has 0 aromatic heterocycles. The van der Waals surface area contributed by atoms with E-state index in [1.54, 1.807) is 13.8 Å². The van der Waals surface area contributed by atoms with Gasteiger partial charge < -0.3 is 14.2 Å². The Labute approximate surface area is 219 Å². The normalized spacial score (nSPS) is 17.3. The van der Waals surface area contributed by atoms with Crippen LogP contribution in [0, 0.1) is 0 Å². The van der Waals surface area contributed by atoms with E-state index < -0.39 is 0 Å². The van der Waals surface area contributed by atoms with Crippen molar-refractivity contribution < 1.29 is 43.1 Å². The monoisotopic (exact) mass is 533 g/mol. The molecular weight excluding hydrogens is 490 g/mol. The molecule has 1 saturated heterocycles. The van der Waals surface area contributed by atoms with Gasteiger partial charge in [0.25, 0.3) is 5.91 Å². The highest BCUT2D eigenvalue weighted by Gasteiger charge is 2.24. The van der Waals surface area contributed by atoms with Crippen LogP contribution in [0.5, 0.6) is 0 Å². The van der Waals surface area contributed by atoms with Crippen LogP contribution < -0.4 is 0 Å². The van der Waals surface area contributed by atoms with Crippen molar-refractivity contribution in [1.29, 1.82) is 0 Å². The highest BCUT2D eigenvalue weighted by Crippen LogP contribution is 2.04. The van der Waals surface area contributed by atoms with Crippen LogP contribution in [-0.4, -0.2) is 162 Å². The van der Waals surface area contributed by atoms with Crippen LogP contribution in [0.4, 0.5) is 0 Å². The first kappa shape index (κ1) is 32.7. The maximum absolute atomic E-state index is 12.9. The van der Waals surface area contributed by atoms with Gasteiger partial charge in [0.1, 0.15) is 0 Å². The minimum Gasteiger partial charge on any atom is -0.468 e. The molecule has 14 nitrogen and oxygen atoms in total. The summed E-state index contributed by atoms with van der Waals surface area (Å²) in [4.78, 5) is 67.1. The number of hydroxylamine groups is 2. The fraction of sp³-hybridized carbons (Fsp3) is 0.826. The van der Waals surface area contributed by atoms with Gasteiger partial charge in [-0.15, -0.1) is 0 Å². The van der Waals surface area contributed by atoms with Crippen molar-refractivity contribution in [1.82, 2.24) is 24.8 Å². The zero-order valence-electron chi connectivity index (χ0n) is 22.8. The first-order chi connectivity index (χ1) is 17.8. The Morgan fingerprint density at radius 3 is 1.05 bits per heavy atom. The van der Waals surface area contributed by atoms with Crippen molar-refractivity contribution in [2.45, 2.75) is 13.8 Å². The van der Waals surface area contributed by atoms with E-state index in [9.17, 15) is 19.2 Å². The van der Waals surface area contributed by atoms with Crippen molar-refractivity contribution in [3.05, 3.63) is 0 Å². The Morgan fingerprint density at radius 1 is 0.541 bits per heavy atom. The van der Waals surface area contributed by atoms with E-state index in [-0.39, 0.29) is 63.2 Å². The van der Waals surface area contributed by atoms with Crippen LogP contribution in [-0.2, 0) is 43.1 Å². The first-order valence-corrected chi connectivity index (χ1v) is 12.4. The summed E-state index contributed by atoms with van der Waals surface area (Å²) in [5.41, 5.74) is 0. The predicted octanol–water partition coefficient (Wildman–Crippen LogP) is -1.54. The molecule has 0 aromatic rings. The van der Waals surface area contributed by atoms with Gasteiger partial charge in [0, 0.05) is 52.4 Å². The molecule has 0 radical (unpaired) electrons. The smallest absolute Gasteiger partial charge is 0.319 e. The summed E-state index contributed by atoms with van der Waals surface area (Å²) < 4.78 is 14.5. The van der Waals surface area contributed by atoms with Gasteiger partial charge in [0.2, 0.25) is 0 Å². The van der Waals surface area contributed by atoms with Crippen molar-refractivity contribution in [3.63, 3.8) is 0 Å². The number of ether oxygens (including phenoxy) is 3. The van der Waals surface area contributed by atoms with E-state index >= 15 is 0 Å². The molecule has 214 valence electrons. The summed E-state index contributed by atoms with van der Waals surface area (Å²) in [7, 11) is 4.00. The quantitative estimate of drug-likeness (QED) is 0.163. The molecule has 0 N–H and O–H groups in total. The standard InChI is InChI=1S/C23H43N5O9/c1-6-36-28(37-7-2)20(29)16-24-8-10-25(17-21(30)33-3)12-14-27(19-23(32)35-5)15-13-26(11-9-24)18-22(31)34-4/h6-19H2,1-5H3. The molecule has 1 amide bonds. The van der Waals surface area contributed by atoms with Gasteiger partial charge in [-0.2, -0.15) is 0 Å². The van der Waals surface area contributed by atoms with Crippen molar-refractivity contribution >= 4 is 23.8 Å². The lowest BCUT2D eigenvalue weighted by atomic mass is 10.3. The van der Waals surface area contributed by atoms with Crippen LogP contribution in [0.2, 0.25) is 0 Å². The highest BCUT2D eigenvalue weighted by atomic mass is 17.0. The molecule has 14 heteroatoms. The Bertz CT molecular complexity index is 672. The fourth-order valence-electron chi connectivity index (χ4n) is 3.62. The molecule has 0 bridgehead atoms. The molecule has 0 aliphatic carbocycles. The summed E-state index contributed by atoms with van der Waals surface area (Å²) >= 11 is 0. The van der Waals surface area contributed by atoms with Crippen molar-refractivity contribution in [3.8, 4) is 0 Å². The molecule has 1 fully saturated rings. The van der Waals surface area contributed by atoms with Crippen molar-refractivity contribution in [2.75, 3.05) is 113 Å². The zero-order chi connectivity index (χ0) is 27.6. The molecule has 0 saturated carbocycles. The van der Waals surface area contributed by atoms with E-state index in [1.165, 1.54) is 21.3 Å². The van der Waals surface area contributed by atoms with E-state index in [0.717, 1.165) is 5.23 Å². The third-order valence-corrected chi connectivity index (χ3v) is 5.73. The molecule has 1 aliphatic rings. The number of rotatable bonds is 12. The number of hydrogen-bond donors (Lipinski definition) is 0. The maximum Gasteiger partial charge on any atom is 0.319 e. The summed E-state index contributed by atoms with van der Waals surface area (Å²) in [5.74, 6) is -1.49. The summed E-state index contributed by atoms with van der Waals surface area (Å²) in [5, 5.41) is 0.902. The van der Waals surface area contributed by atoms with Gasteiger partial charge in [-0.1, -0.05) is 5.23 Å². The molecule has 0 unspecified atom stereocenters. The first-order valence-electron chi connectivity index (χ1n) is 12.4. The largest absolute Gasteiger partial charge is 0.468 e. The molecule has 1 heterocycles. The second kappa shape index (κ2) is 18.8. The van der Waals surface area contributed by atoms with Gasteiger partial charge in [-0.05, 0) is 13.8 Å². The Morgan fingerprint density at radius 2 is 0.811 bits per heavy atom. The number of carbonyl (C=O) groups is 4. The average molecular weight is 534 g/mol. The summed E-state index contributed by atoms with van der Waals surface area (Å²) in [6.07, 6.45) is 0. The zero-order valence-corrected chi connectivity index (χ0v) is 22.8. The Hall–Kier alpha value is -2.36. The van der Waals surface area contributed by atoms with E-state index in [4.69, 9.17) is 23.9 Å². The number of methoxy groups -OCH3 is 3. The number of esters is 3. The number of carbonyl (C=O) groups excluding carboxylic acids is 4. The topological polar surface area (TPSA) is 131 Å². The Kier molecular flexibility index (Phi) is 16.6. The molecule has 0 spiro atoms. The van der Waals surface area contributed by atoms with Crippen molar-refractivity contribution in [2.24, 2.45) is 0 Å². The van der Waals surface area contributed by atoms with Crippen LogP contribution in [0.3, 0.4) is 0 Å². The van der Waals surface area contributed by atoms with Gasteiger partial charge in [0.05, 0.1) is 60.7 Å². The second-order valence-electron chi connectivity index (χ2n) is 8.32. The number of amides is 1. The third kappa shape index (κ3) is 13.7. The fourth-order valence-corrected chi connectivity index (χ4v) is 3.62. The summed E-state index contributed by atoms with van der Waals surface area (Å²) in [6, 6.07) is 0. The molecule has 0 aromatic carbocycles. The van der Waals surface area contributed by atoms with Crippen LogP contribution in [0.25, 0.3) is 0 Å². The van der Waals surface area contributed by atoms with E-state index in [0.29, 0.717) is 52.4 Å². The van der Waals surface area contributed by atoms with E-state index in [1.807, 2.05) is 19.6 Å². The number of hydrogen-bond acceptors (Lipinski definition) is 13. The van der Waals surface area contributed by atoms with E-state index in [2.05, 4.69) is 0 Å². The number of nitrogens with zero attached hydrogens (tertiary/aromatic N) is 5. The van der Waals surface area contributed by atoms with Crippen LogP contribution in [0.1, 0.15) is 13.8 Å². The molecule has 1 aliphatic heterocycles. The summed E-state index contributed by atoms with van der Waals surface area (Å²) in [6.45, 7) is 8.09. The minimum absolute atomic E-state index is 0.0204.